The number of thiazole rings is 1. The first-order chi connectivity index (χ1) is 20.4. The van der Waals surface area contributed by atoms with Crippen LogP contribution in [0.1, 0.15) is 77.9 Å². The predicted octanol–water partition coefficient (Wildman–Crippen LogP) is 5.20. The number of carbonyl (C=O) groups is 1. The van der Waals surface area contributed by atoms with Crippen LogP contribution in [-0.4, -0.2) is 79.9 Å². The Bertz CT molecular complexity index is 1360. The molecule has 2 aliphatic heterocycles. The summed E-state index contributed by atoms with van der Waals surface area (Å²) in [6.45, 7) is 5.28. The lowest BCUT2D eigenvalue weighted by molar-refractivity contribution is -0.160. The third kappa shape index (κ3) is 8.36. The molecule has 238 valence electrons. The number of benzene rings is 1. The van der Waals surface area contributed by atoms with Gasteiger partial charge in [-0.15, -0.1) is 11.3 Å². The average Bonchev–Trinajstić information content (AvgIpc) is 3.67. The smallest absolute Gasteiger partial charge is 0.374 e. The topological polar surface area (TPSA) is 91.8 Å². The molecule has 2 atom stereocenters. The molecule has 1 aliphatic carbocycles. The van der Waals surface area contributed by atoms with Crippen LogP contribution in [0.3, 0.4) is 0 Å². The molecule has 1 unspecified atom stereocenters. The number of ether oxygens (including phenoxy) is 1. The number of amides is 1. The molecule has 1 saturated carbocycles. The minimum Gasteiger partial charge on any atom is -0.374 e. The number of hydrogen-bond acceptors (Lipinski definition) is 8. The number of rotatable bonds is 11. The molecule has 43 heavy (non-hydrogen) atoms. The van der Waals surface area contributed by atoms with Gasteiger partial charge >= 0.3 is 6.18 Å². The summed E-state index contributed by atoms with van der Waals surface area (Å²) in [5.74, 6) is 0.572. The first kappa shape index (κ1) is 32.3. The second-order valence-corrected chi connectivity index (χ2v) is 15.6. The highest BCUT2D eigenvalue weighted by atomic mass is 32.2. The van der Waals surface area contributed by atoms with Crippen molar-refractivity contribution in [3.05, 3.63) is 45.4 Å². The molecule has 1 aromatic carbocycles. The Morgan fingerprint density at radius 1 is 1.19 bits per heavy atom. The van der Waals surface area contributed by atoms with E-state index in [0.717, 1.165) is 29.0 Å². The fourth-order valence-corrected chi connectivity index (χ4v) is 9.01. The van der Waals surface area contributed by atoms with E-state index in [1.165, 1.54) is 29.1 Å². The van der Waals surface area contributed by atoms with Crippen molar-refractivity contribution in [3.8, 4) is 0 Å². The summed E-state index contributed by atoms with van der Waals surface area (Å²) >= 11 is 1.34. The van der Waals surface area contributed by atoms with Crippen LogP contribution in [0.15, 0.2) is 29.2 Å². The van der Waals surface area contributed by atoms with Crippen LogP contribution in [0.25, 0.3) is 0 Å². The van der Waals surface area contributed by atoms with E-state index in [-0.39, 0.29) is 56.0 Å². The Morgan fingerprint density at radius 2 is 1.91 bits per heavy atom. The number of nitrogens with one attached hydrogen (secondary N) is 1. The molecule has 2 fully saturated rings. The third-order valence-electron chi connectivity index (χ3n) is 8.64. The van der Waals surface area contributed by atoms with E-state index in [4.69, 9.17) is 9.72 Å². The zero-order valence-corrected chi connectivity index (χ0v) is 26.4. The maximum atomic E-state index is 13.0. The van der Waals surface area contributed by atoms with Crippen LogP contribution in [0.2, 0.25) is 0 Å². The summed E-state index contributed by atoms with van der Waals surface area (Å²) in [6.07, 6.45) is 0.767. The van der Waals surface area contributed by atoms with Crippen LogP contribution in [0, 0.1) is 11.8 Å². The lowest BCUT2D eigenvalue weighted by Crippen LogP contribution is -2.50. The van der Waals surface area contributed by atoms with Gasteiger partial charge in [0, 0.05) is 37.6 Å². The fraction of sp³-hybridized carbons (Fsp3) is 0.667. The Hall–Kier alpha value is -2.06. The van der Waals surface area contributed by atoms with E-state index in [1.807, 2.05) is 0 Å². The number of fused-ring (bicyclic) bond motifs is 1. The number of nitrogens with zero attached hydrogens (tertiary/aromatic N) is 3. The number of alkyl halides is 3. The molecule has 5 rings (SSSR count). The number of sulfone groups is 1. The van der Waals surface area contributed by atoms with Crippen molar-refractivity contribution in [2.24, 2.45) is 11.8 Å². The average molecular weight is 643 g/mol. The van der Waals surface area contributed by atoms with Crippen LogP contribution in [0.4, 0.5) is 13.2 Å². The van der Waals surface area contributed by atoms with Gasteiger partial charge in [0.15, 0.2) is 14.8 Å². The van der Waals surface area contributed by atoms with Crippen LogP contribution < -0.4 is 5.32 Å². The molecule has 13 heteroatoms. The van der Waals surface area contributed by atoms with Crippen molar-refractivity contribution >= 4 is 27.1 Å². The largest absolute Gasteiger partial charge is 0.401 e. The first-order valence-corrected chi connectivity index (χ1v) is 17.6. The van der Waals surface area contributed by atoms with E-state index in [1.54, 1.807) is 24.3 Å². The zero-order chi connectivity index (χ0) is 30.8. The summed E-state index contributed by atoms with van der Waals surface area (Å²) < 4.78 is 70.1. The molecule has 1 amide bonds. The summed E-state index contributed by atoms with van der Waals surface area (Å²) in [6, 6.07) is 6.64. The van der Waals surface area contributed by atoms with E-state index in [9.17, 15) is 26.4 Å². The van der Waals surface area contributed by atoms with Crippen molar-refractivity contribution in [2.45, 2.75) is 82.3 Å². The molecule has 3 aliphatic rings. The van der Waals surface area contributed by atoms with Crippen LogP contribution >= 0.6 is 11.3 Å². The predicted molar refractivity (Wildman–Crippen MR) is 159 cm³/mol. The van der Waals surface area contributed by atoms with Gasteiger partial charge in [0.1, 0.15) is 0 Å². The minimum atomic E-state index is -4.24. The molecule has 1 saturated heterocycles. The molecule has 8 nitrogen and oxygen atoms in total. The number of morpholine rings is 1. The maximum absolute atomic E-state index is 13.0. The van der Waals surface area contributed by atoms with Gasteiger partial charge < -0.3 is 10.1 Å². The standard InChI is InChI=1S/C30H41F3N4O4S2/c1-20(2)27-26-25(18-37(27)17-23-16-36(12-13-41-23)19-30(31,32)33)42-29(35-26)28(38)34-15-22-7-9-24(10-8-22)43(39,40)14-11-21-5-3-4-6-21/h7-10,20-21,23,27H,3-6,11-19H2,1-2H3,(H,34,38)/t23?,27-/m0/s1. The van der Waals surface area contributed by atoms with Crippen LogP contribution in [0.5, 0.6) is 0 Å². The van der Waals surface area contributed by atoms with Gasteiger partial charge in [0.05, 0.1) is 41.6 Å². The highest BCUT2D eigenvalue weighted by Crippen LogP contribution is 2.41. The maximum Gasteiger partial charge on any atom is 0.401 e. The van der Waals surface area contributed by atoms with E-state index >= 15 is 0 Å². The molecule has 0 bridgehead atoms. The second-order valence-electron chi connectivity index (χ2n) is 12.4. The molecule has 0 radical (unpaired) electrons. The lowest BCUT2D eigenvalue weighted by Gasteiger charge is -2.37. The van der Waals surface area contributed by atoms with Gasteiger partial charge in [0.2, 0.25) is 0 Å². The molecule has 0 spiro atoms. The van der Waals surface area contributed by atoms with Crippen molar-refractivity contribution < 1.29 is 31.1 Å². The van der Waals surface area contributed by atoms with E-state index in [0.29, 0.717) is 35.3 Å². The Labute approximate surface area is 255 Å². The fourth-order valence-electron chi connectivity index (χ4n) is 6.54. The van der Waals surface area contributed by atoms with E-state index in [2.05, 4.69) is 24.1 Å². The number of carbonyl (C=O) groups excluding carboxylic acids is 1. The Morgan fingerprint density at radius 3 is 2.58 bits per heavy atom. The van der Waals surface area contributed by atoms with Gasteiger partial charge in [-0.05, 0) is 36.0 Å². The monoisotopic (exact) mass is 642 g/mol. The Balaban J connectivity index is 1.14. The Kier molecular flexibility index (Phi) is 10.2. The van der Waals surface area contributed by atoms with E-state index < -0.39 is 22.6 Å². The highest BCUT2D eigenvalue weighted by Gasteiger charge is 2.39. The molecule has 1 N–H and O–H groups in total. The van der Waals surface area contributed by atoms with Crippen molar-refractivity contribution in [3.63, 3.8) is 0 Å². The molecular weight excluding hydrogens is 601 g/mol. The van der Waals surface area contributed by atoms with Crippen molar-refractivity contribution in [1.82, 2.24) is 20.1 Å². The van der Waals surface area contributed by atoms with Crippen molar-refractivity contribution in [1.29, 1.82) is 0 Å². The molecule has 3 heterocycles. The quantitative estimate of drug-likeness (QED) is 0.360. The normalized spacial score (nSPS) is 22.4. The van der Waals surface area contributed by atoms with Gasteiger partial charge in [-0.3, -0.25) is 14.6 Å². The molecule has 2 aromatic rings. The first-order valence-electron chi connectivity index (χ1n) is 15.1. The molecule has 1 aromatic heterocycles. The highest BCUT2D eigenvalue weighted by molar-refractivity contribution is 7.91. The summed E-state index contributed by atoms with van der Waals surface area (Å²) in [5.41, 5.74) is 1.64. The second kappa shape index (κ2) is 13.5. The minimum absolute atomic E-state index is 0.0578. The summed E-state index contributed by atoms with van der Waals surface area (Å²) in [7, 11) is -3.33. The van der Waals surface area contributed by atoms with Gasteiger partial charge in [-0.25, -0.2) is 13.4 Å². The molecular formula is C30H41F3N4O4S2. The van der Waals surface area contributed by atoms with Crippen LogP contribution in [-0.2, 0) is 27.7 Å². The third-order valence-corrected chi connectivity index (χ3v) is 11.5. The zero-order valence-electron chi connectivity index (χ0n) is 24.7. The number of halogens is 3. The van der Waals surface area contributed by atoms with Gasteiger partial charge in [-0.1, -0.05) is 51.7 Å². The SMILES string of the molecule is CC(C)[C@H]1c2nc(C(=O)NCc3ccc(S(=O)(=O)CCC4CCCC4)cc3)sc2CN1CC1CN(CC(F)(F)F)CCO1. The number of aromatic nitrogens is 1. The number of hydrogen-bond donors (Lipinski definition) is 1. The van der Waals surface area contributed by atoms with Gasteiger partial charge in [-0.2, -0.15) is 13.2 Å². The van der Waals surface area contributed by atoms with Crippen molar-refractivity contribution in [2.75, 3.05) is 38.5 Å². The summed E-state index contributed by atoms with van der Waals surface area (Å²) in [5, 5.41) is 3.26. The lowest BCUT2D eigenvalue weighted by atomic mass is 10.0. The van der Waals surface area contributed by atoms with Gasteiger partial charge in [0.25, 0.3) is 5.91 Å². The summed E-state index contributed by atoms with van der Waals surface area (Å²) in [4.78, 5) is 22.6.